The predicted molar refractivity (Wildman–Crippen MR) is 101 cm³/mol. The molecule has 1 aromatic heterocycles. The van der Waals surface area contributed by atoms with Gasteiger partial charge in [0.25, 0.3) is 5.91 Å². The van der Waals surface area contributed by atoms with Crippen LogP contribution < -0.4 is 4.90 Å². The Kier molecular flexibility index (Phi) is 4.91. The Morgan fingerprint density at radius 2 is 1.88 bits per heavy atom. The van der Waals surface area contributed by atoms with Crippen molar-refractivity contribution in [3.05, 3.63) is 82.4 Å². The predicted octanol–water partition coefficient (Wildman–Crippen LogP) is 4.48. The summed E-state index contributed by atoms with van der Waals surface area (Å²) in [4.78, 5) is 18.5. The van der Waals surface area contributed by atoms with Gasteiger partial charge >= 0.3 is 0 Å². The van der Waals surface area contributed by atoms with Crippen LogP contribution in [0.2, 0.25) is 5.02 Å². The molecule has 0 radical (unpaired) electrons. The van der Waals surface area contributed by atoms with Crippen molar-refractivity contribution in [1.82, 2.24) is 9.55 Å². The lowest BCUT2D eigenvalue weighted by Gasteiger charge is -2.19. The monoisotopic (exact) mass is 353 g/mol. The fourth-order valence-electron chi connectivity index (χ4n) is 2.76. The number of halogens is 1. The van der Waals surface area contributed by atoms with Crippen LogP contribution in [-0.2, 0) is 6.54 Å². The van der Waals surface area contributed by atoms with E-state index >= 15 is 0 Å². The van der Waals surface area contributed by atoms with E-state index in [0.29, 0.717) is 17.1 Å². The molecule has 0 saturated carbocycles. The Hall–Kier alpha value is -2.59. The molecule has 0 spiro atoms. The highest BCUT2D eigenvalue weighted by Gasteiger charge is 2.15. The van der Waals surface area contributed by atoms with Gasteiger partial charge in [-0.2, -0.15) is 0 Å². The molecule has 0 unspecified atom stereocenters. The summed E-state index contributed by atoms with van der Waals surface area (Å²) in [6.07, 6.45) is 1.85. The topological polar surface area (TPSA) is 38.1 Å². The molecule has 2 aromatic carbocycles. The van der Waals surface area contributed by atoms with Crippen LogP contribution in [0, 0.1) is 13.8 Å². The molecule has 128 valence electrons. The molecule has 0 atom stereocenters. The van der Waals surface area contributed by atoms with Gasteiger partial charge in [-0.3, -0.25) is 4.79 Å². The molecule has 25 heavy (non-hydrogen) atoms. The quantitative estimate of drug-likeness (QED) is 0.693. The van der Waals surface area contributed by atoms with Crippen LogP contribution in [0.4, 0.5) is 5.69 Å². The summed E-state index contributed by atoms with van der Waals surface area (Å²) < 4.78 is 2.11. The van der Waals surface area contributed by atoms with E-state index in [-0.39, 0.29) is 5.91 Å². The molecular weight excluding hydrogens is 334 g/mol. The van der Waals surface area contributed by atoms with Gasteiger partial charge in [-0.15, -0.1) is 0 Å². The Labute approximate surface area is 152 Å². The summed E-state index contributed by atoms with van der Waals surface area (Å²) in [7, 11) is 1.75. The van der Waals surface area contributed by atoms with Crippen molar-refractivity contribution in [1.29, 1.82) is 0 Å². The largest absolute Gasteiger partial charge is 0.328 e. The Bertz CT molecular complexity index is 883. The lowest BCUT2D eigenvalue weighted by atomic mass is 10.1. The lowest BCUT2D eigenvalue weighted by Crippen LogP contribution is -2.26. The molecule has 0 saturated heterocycles. The van der Waals surface area contributed by atoms with Crippen LogP contribution in [0.3, 0.4) is 0 Å². The van der Waals surface area contributed by atoms with E-state index < -0.39 is 0 Å². The van der Waals surface area contributed by atoms with Crippen LogP contribution in [0.5, 0.6) is 0 Å². The smallest absolute Gasteiger partial charge is 0.258 e. The van der Waals surface area contributed by atoms with Gasteiger partial charge in [0.15, 0.2) is 0 Å². The van der Waals surface area contributed by atoms with Crippen molar-refractivity contribution >= 4 is 23.2 Å². The van der Waals surface area contributed by atoms with Crippen molar-refractivity contribution in [2.75, 3.05) is 11.9 Å². The summed E-state index contributed by atoms with van der Waals surface area (Å²) in [5, 5.41) is 0.637. The zero-order chi connectivity index (χ0) is 18.0. The van der Waals surface area contributed by atoms with E-state index in [1.54, 1.807) is 24.1 Å². The van der Waals surface area contributed by atoms with Crippen LogP contribution in [0.25, 0.3) is 0 Å². The number of hydrogen-bond acceptors (Lipinski definition) is 2. The Morgan fingerprint density at radius 3 is 2.48 bits per heavy atom. The third-order valence-corrected chi connectivity index (χ3v) is 4.68. The second kappa shape index (κ2) is 7.11. The Balaban J connectivity index is 1.83. The molecule has 3 rings (SSSR count). The molecule has 0 bridgehead atoms. The first-order valence-electron chi connectivity index (χ1n) is 8.07. The zero-order valence-electron chi connectivity index (χ0n) is 14.5. The summed E-state index contributed by atoms with van der Waals surface area (Å²) in [5.74, 6) is 0.889. The van der Waals surface area contributed by atoms with Crippen molar-refractivity contribution in [3.63, 3.8) is 0 Å². The molecule has 0 aliphatic rings. The molecule has 1 heterocycles. The number of carbonyl (C=O) groups excluding carboxylic acids is 1. The number of aromatic nitrogens is 2. The van der Waals surface area contributed by atoms with Gasteiger partial charge in [-0.05, 0) is 43.7 Å². The third-order valence-electron chi connectivity index (χ3n) is 4.33. The number of anilines is 1. The minimum atomic E-state index is -0.0642. The van der Waals surface area contributed by atoms with Gasteiger partial charge in [0.1, 0.15) is 5.82 Å². The molecule has 0 N–H and O–H groups in total. The fraction of sp³-hybridized carbons (Fsp3) is 0.200. The maximum Gasteiger partial charge on any atom is 0.258 e. The van der Waals surface area contributed by atoms with Gasteiger partial charge in [-0.25, -0.2) is 4.98 Å². The average molecular weight is 354 g/mol. The molecule has 3 aromatic rings. The zero-order valence-corrected chi connectivity index (χ0v) is 15.3. The van der Waals surface area contributed by atoms with E-state index in [2.05, 4.69) is 9.55 Å². The molecule has 4 nitrogen and oxygen atoms in total. The third kappa shape index (κ3) is 3.59. The van der Waals surface area contributed by atoms with Crippen molar-refractivity contribution in [3.8, 4) is 0 Å². The summed E-state index contributed by atoms with van der Waals surface area (Å²) in [6, 6.07) is 14.9. The average Bonchev–Trinajstić information content (AvgIpc) is 2.94. The molecule has 1 amide bonds. The molecule has 5 heteroatoms. The summed E-state index contributed by atoms with van der Waals surface area (Å²) >= 11 is 6.47. The first-order chi connectivity index (χ1) is 12.0. The van der Waals surface area contributed by atoms with Gasteiger partial charge in [0, 0.05) is 35.2 Å². The first-order valence-corrected chi connectivity index (χ1v) is 8.45. The maximum absolute atomic E-state index is 12.6. The highest BCUT2D eigenvalue weighted by atomic mass is 35.5. The van der Waals surface area contributed by atoms with Gasteiger partial charge in [-0.1, -0.05) is 35.9 Å². The number of benzene rings is 2. The number of rotatable bonds is 4. The second-order valence-corrected chi connectivity index (χ2v) is 6.45. The molecule has 0 aliphatic heterocycles. The lowest BCUT2D eigenvalue weighted by molar-refractivity contribution is 0.0993. The minimum absolute atomic E-state index is 0.0642. The standard InChI is InChI=1S/C20H20ClN3O/c1-14-12-22-15(2)24(14)13-17-9-10-18(11-19(17)21)23(3)20(25)16-7-5-4-6-8-16/h4-12H,13H2,1-3H3. The van der Waals surface area contributed by atoms with E-state index in [1.807, 2.05) is 56.4 Å². The van der Waals surface area contributed by atoms with E-state index in [1.165, 1.54) is 0 Å². The molecule has 0 fully saturated rings. The highest BCUT2D eigenvalue weighted by Crippen LogP contribution is 2.25. The molecular formula is C20H20ClN3O. The van der Waals surface area contributed by atoms with Crippen molar-refractivity contribution < 1.29 is 4.79 Å². The van der Waals surface area contributed by atoms with Crippen LogP contribution in [-0.4, -0.2) is 22.5 Å². The Morgan fingerprint density at radius 1 is 1.16 bits per heavy atom. The van der Waals surface area contributed by atoms with Crippen LogP contribution >= 0.6 is 11.6 Å². The number of carbonyl (C=O) groups is 1. The molecule has 0 aliphatic carbocycles. The normalized spacial score (nSPS) is 10.7. The second-order valence-electron chi connectivity index (χ2n) is 6.04. The number of hydrogen-bond donors (Lipinski definition) is 0. The number of aryl methyl sites for hydroxylation is 2. The number of nitrogens with zero attached hydrogens (tertiary/aromatic N) is 3. The van der Waals surface area contributed by atoms with E-state index in [0.717, 1.165) is 22.8 Å². The first kappa shape index (κ1) is 17.2. The van der Waals surface area contributed by atoms with Gasteiger partial charge < -0.3 is 9.47 Å². The van der Waals surface area contributed by atoms with E-state index in [4.69, 9.17) is 11.6 Å². The SMILES string of the molecule is Cc1cnc(C)n1Cc1ccc(N(C)C(=O)c2ccccc2)cc1Cl. The van der Waals surface area contributed by atoms with Crippen molar-refractivity contribution in [2.24, 2.45) is 0 Å². The number of amides is 1. The van der Waals surface area contributed by atoms with Gasteiger partial charge in [0.05, 0.1) is 6.54 Å². The summed E-state index contributed by atoms with van der Waals surface area (Å²) in [5.41, 5.74) is 3.50. The van der Waals surface area contributed by atoms with Crippen LogP contribution in [0.15, 0.2) is 54.7 Å². The fourth-order valence-corrected chi connectivity index (χ4v) is 2.99. The van der Waals surface area contributed by atoms with E-state index in [9.17, 15) is 4.79 Å². The minimum Gasteiger partial charge on any atom is -0.328 e. The maximum atomic E-state index is 12.6. The highest BCUT2D eigenvalue weighted by molar-refractivity contribution is 6.31. The van der Waals surface area contributed by atoms with Crippen LogP contribution in [0.1, 0.15) is 27.4 Å². The number of imidazole rings is 1. The van der Waals surface area contributed by atoms with Crippen molar-refractivity contribution in [2.45, 2.75) is 20.4 Å². The van der Waals surface area contributed by atoms with Gasteiger partial charge in [0.2, 0.25) is 0 Å². The summed E-state index contributed by atoms with van der Waals surface area (Å²) in [6.45, 7) is 4.66.